The van der Waals surface area contributed by atoms with Crippen molar-refractivity contribution in [2.75, 3.05) is 20.2 Å². The Bertz CT molecular complexity index is 363. The van der Waals surface area contributed by atoms with Gasteiger partial charge >= 0.3 is 0 Å². The van der Waals surface area contributed by atoms with E-state index in [-0.39, 0.29) is 11.9 Å². The van der Waals surface area contributed by atoms with Gasteiger partial charge in [-0.3, -0.25) is 4.79 Å². The summed E-state index contributed by atoms with van der Waals surface area (Å²) in [5.41, 5.74) is 0.479. The number of hydrogen-bond donors (Lipinski definition) is 2. The average Bonchev–Trinajstić information content (AvgIpc) is 2.23. The summed E-state index contributed by atoms with van der Waals surface area (Å²) in [6.45, 7) is 1.66. The summed E-state index contributed by atoms with van der Waals surface area (Å²) in [7, 11) is 1.50. The first-order valence-corrected chi connectivity index (χ1v) is 4.82. The van der Waals surface area contributed by atoms with Gasteiger partial charge in [0.15, 0.2) is 0 Å². The van der Waals surface area contributed by atoms with E-state index in [1.54, 1.807) is 18.3 Å². The van der Waals surface area contributed by atoms with Crippen LogP contribution in [0.3, 0.4) is 0 Å². The fourth-order valence-corrected chi connectivity index (χ4v) is 1.38. The Morgan fingerprint density at radius 2 is 2.47 bits per heavy atom. The molecular formula is C10H13N3O2. The highest BCUT2D eigenvalue weighted by Gasteiger charge is 2.21. The number of nitrogens with one attached hydrogen (secondary N) is 2. The summed E-state index contributed by atoms with van der Waals surface area (Å²) in [5, 5.41) is 5.97. The molecule has 0 unspecified atom stereocenters. The van der Waals surface area contributed by atoms with Crippen LogP contribution in [0.4, 0.5) is 0 Å². The van der Waals surface area contributed by atoms with Crippen molar-refractivity contribution in [3.05, 3.63) is 23.9 Å². The third-order valence-electron chi connectivity index (χ3n) is 2.33. The van der Waals surface area contributed by atoms with Crippen LogP contribution >= 0.6 is 0 Å². The van der Waals surface area contributed by atoms with E-state index in [1.807, 2.05) is 0 Å². The van der Waals surface area contributed by atoms with Crippen molar-refractivity contribution in [1.29, 1.82) is 0 Å². The van der Waals surface area contributed by atoms with Crippen LogP contribution in [-0.4, -0.2) is 37.1 Å². The van der Waals surface area contributed by atoms with Gasteiger partial charge in [0.1, 0.15) is 5.56 Å². The Morgan fingerprint density at radius 1 is 1.67 bits per heavy atom. The Kier molecular flexibility index (Phi) is 2.82. The van der Waals surface area contributed by atoms with Crippen molar-refractivity contribution in [2.24, 2.45) is 0 Å². The molecule has 0 aliphatic carbocycles. The van der Waals surface area contributed by atoms with E-state index in [1.165, 1.54) is 7.11 Å². The zero-order chi connectivity index (χ0) is 10.7. The van der Waals surface area contributed by atoms with Crippen LogP contribution in [0, 0.1) is 0 Å². The molecule has 1 saturated heterocycles. The van der Waals surface area contributed by atoms with Crippen molar-refractivity contribution in [3.8, 4) is 5.88 Å². The molecule has 5 heteroatoms. The van der Waals surface area contributed by atoms with Crippen molar-refractivity contribution < 1.29 is 9.53 Å². The molecule has 0 bridgehead atoms. The van der Waals surface area contributed by atoms with Crippen molar-refractivity contribution in [2.45, 2.75) is 6.04 Å². The van der Waals surface area contributed by atoms with E-state index in [0.29, 0.717) is 11.4 Å². The molecule has 0 atom stereocenters. The molecule has 15 heavy (non-hydrogen) atoms. The maximum atomic E-state index is 11.8. The summed E-state index contributed by atoms with van der Waals surface area (Å²) >= 11 is 0. The van der Waals surface area contributed by atoms with E-state index in [2.05, 4.69) is 15.6 Å². The maximum absolute atomic E-state index is 11.8. The van der Waals surface area contributed by atoms with Gasteiger partial charge in [-0.1, -0.05) is 0 Å². The molecule has 1 aliphatic rings. The zero-order valence-corrected chi connectivity index (χ0v) is 8.49. The van der Waals surface area contributed by atoms with Crippen LogP contribution in [0.2, 0.25) is 0 Å². The van der Waals surface area contributed by atoms with Gasteiger partial charge < -0.3 is 15.4 Å². The normalized spacial score (nSPS) is 15.5. The fraction of sp³-hybridized carbons (Fsp3) is 0.400. The quantitative estimate of drug-likeness (QED) is 0.720. The van der Waals surface area contributed by atoms with Gasteiger partial charge in [0.25, 0.3) is 5.91 Å². The van der Waals surface area contributed by atoms with Gasteiger partial charge in [0.05, 0.1) is 13.2 Å². The number of carbonyl (C=O) groups excluding carboxylic acids is 1. The highest BCUT2D eigenvalue weighted by molar-refractivity contribution is 5.96. The zero-order valence-electron chi connectivity index (χ0n) is 8.49. The lowest BCUT2D eigenvalue weighted by Crippen LogP contribution is -2.56. The number of hydrogen-bond acceptors (Lipinski definition) is 4. The monoisotopic (exact) mass is 207 g/mol. The molecule has 0 radical (unpaired) electrons. The molecule has 1 aromatic heterocycles. The van der Waals surface area contributed by atoms with Crippen molar-refractivity contribution in [1.82, 2.24) is 15.6 Å². The van der Waals surface area contributed by atoms with Crippen LogP contribution in [0.15, 0.2) is 18.3 Å². The van der Waals surface area contributed by atoms with E-state index >= 15 is 0 Å². The number of aromatic nitrogens is 1. The number of carbonyl (C=O) groups is 1. The number of methoxy groups -OCH3 is 1. The molecule has 0 aromatic carbocycles. The number of rotatable bonds is 3. The van der Waals surface area contributed by atoms with Gasteiger partial charge in [0, 0.05) is 19.3 Å². The van der Waals surface area contributed by atoms with E-state index in [4.69, 9.17) is 4.74 Å². The predicted molar refractivity (Wildman–Crippen MR) is 54.9 cm³/mol. The minimum Gasteiger partial charge on any atom is -0.480 e. The van der Waals surface area contributed by atoms with E-state index in [0.717, 1.165) is 13.1 Å². The highest BCUT2D eigenvalue weighted by Crippen LogP contribution is 2.13. The van der Waals surface area contributed by atoms with Crippen LogP contribution in [0.1, 0.15) is 10.4 Å². The summed E-state index contributed by atoms with van der Waals surface area (Å²) in [5.74, 6) is 0.230. The second-order valence-electron chi connectivity index (χ2n) is 3.39. The molecule has 1 aliphatic heterocycles. The molecule has 0 spiro atoms. The number of pyridine rings is 1. The molecular weight excluding hydrogens is 194 g/mol. The molecule has 5 nitrogen and oxygen atoms in total. The lowest BCUT2D eigenvalue weighted by atomic mass is 10.1. The number of nitrogens with zero attached hydrogens (tertiary/aromatic N) is 1. The predicted octanol–water partition coefficient (Wildman–Crippen LogP) is -0.208. The average molecular weight is 207 g/mol. The van der Waals surface area contributed by atoms with Gasteiger partial charge in [-0.15, -0.1) is 0 Å². The largest absolute Gasteiger partial charge is 0.480 e. The SMILES string of the molecule is COc1ncccc1C(=O)NC1CNC1. The summed E-state index contributed by atoms with van der Waals surface area (Å²) < 4.78 is 5.01. The molecule has 1 fully saturated rings. The standard InChI is InChI=1S/C10H13N3O2/c1-15-10-8(3-2-4-12-10)9(14)13-7-5-11-6-7/h2-4,7,11H,5-6H2,1H3,(H,13,14). The first kappa shape index (κ1) is 9.92. The molecule has 2 heterocycles. The Morgan fingerprint density at radius 3 is 3.07 bits per heavy atom. The summed E-state index contributed by atoms with van der Waals surface area (Å²) in [6.07, 6.45) is 1.60. The Labute approximate surface area is 87.8 Å². The second kappa shape index (κ2) is 4.27. The first-order valence-electron chi connectivity index (χ1n) is 4.82. The van der Waals surface area contributed by atoms with Gasteiger partial charge in [-0.05, 0) is 12.1 Å². The van der Waals surface area contributed by atoms with Crippen molar-refractivity contribution >= 4 is 5.91 Å². The van der Waals surface area contributed by atoms with Crippen LogP contribution < -0.4 is 15.4 Å². The van der Waals surface area contributed by atoms with Gasteiger partial charge in [-0.25, -0.2) is 4.98 Å². The number of ether oxygens (including phenoxy) is 1. The minimum atomic E-state index is -0.133. The topological polar surface area (TPSA) is 63.2 Å². The third kappa shape index (κ3) is 2.07. The van der Waals surface area contributed by atoms with Crippen LogP contribution in [-0.2, 0) is 0 Å². The molecule has 1 amide bonds. The smallest absolute Gasteiger partial charge is 0.257 e. The lowest BCUT2D eigenvalue weighted by molar-refractivity contribution is 0.0920. The minimum absolute atomic E-state index is 0.133. The van der Waals surface area contributed by atoms with Gasteiger partial charge in [0.2, 0.25) is 5.88 Å². The second-order valence-corrected chi connectivity index (χ2v) is 3.39. The van der Waals surface area contributed by atoms with E-state index < -0.39 is 0 Å². The lowest BCUT2D eigenvalue weighted by Gasteiger charge is -2.28. The summed E-state index contributed by atoms with van der Waals surface area (Å²) in [6, 6.07) is 3.64. The molecule has 80 valence electrons. The Hall–Kier alpha value is -1.62. The highest BCUT2D eigenvalue weighted by atomic mass is 16.5. The summed E-state index contributed by atoms with van der Waals surface area (Å²) in [4.78, 5) is 15.7. The molecule has 2 N–H and O–H groups in total. The Balaban J connectivity index is 2.09. The van der Waals surface area contributed by atoms with E-state index in [9.17, 15) is 4.79 Å². The van der Waals surface area contributed by atoms with Crippen LogP contribution in [0.5, 0.6) is 5.88 Å². The maximum Gasteiger partial charge on any atom is 0.257 e. The molecule has 0 saturated carbocycles. The first-order chi connectivity index (χ1) is 7.31. The molecule has 1 aromatic rings. The van der Waals surface area contributed by atoms with Crippen LogP contribution in [0.25, 0.3) is 0 Å². The van der Waals surface area contributed by atoms with Gasteiger partial charge in [-0.2, -0.15) is 0 Å². The number of amides is 1. The molecule has 2 rings (SSSR count). The third-order valence-corrected chi connectivity index (χ3v) is 2.33. The van der Waals surface area contributed by atoms with Crippen molar-refractivity contribution in [3.63, 3.8) is 0 Å². The fourth-order valence-electron chi connectivity index (χ4n) is 1.38.